The van der Waals surface area contributed by atoms with Gasteiger partial charge in [0.1, 0.15) is 6.04 Å². The molecule has 1 heterocycles. The van der Waals surface area contributed by atoms with Crippen molar-refractivity contribution in [1.29, 1.82) is 0 Å². The molecule has 2 aromatic carbocycles. The van der Waals surface area contributed by atoms with Crippen LogP contribution < -0.4 is 10.0 Å². The molecule has 0 aromatic heterocycles. The molecule has 0 saturated carbocycles. The van der Waals surface area contributed by atoms with Crippen molar-refractivity contribution in [2.24, 2.45) is 5.41 Å². The fourth-order valence-electron chi connectivity index (χ4n) is 4.12. The highest BCUT2D eigenvalue weighted by molar-refractivity contribution is 7.92. The third-order valence-electron chi connectivity index (χ3n) is 5.52. The van der Waals surface area contributed by atoms with E-state index >= 15 is 0 Å². The van der Waals surface area contributed by atoms with Crippen LogP contribution in [0.4, 0.5) is 11.4 Å². The lowest BCUT2D eigenvalue weighted by molar-refractivity contribution is -0.146. The Balaban J connectivity index is 1.98. The molecule has 0 fully saturated rings. The van der Waals surface area contributed by atoms with Crippen molar-refractivity contribution in [3.63, 3.8) is 0 Å². The van der Waals surface area contributed by atoms with Gasteiger partial charge in [-0.15, -0.1) is 0 Å². The zero-order valence-corrected chi connectivity index (χ0v) is 20.3. The Morgan fingerprint density at radius 1 is 1.06 bits per heavy atom. The summed E-state index contributed by atoms with van der Waals surface area (Å²) in [6.45, 7) is 9.65. The predicted molar refractivity (Wildman–Crippen MR) is 127 cm³/mol. The summed E-state index contributed by atoms with van der Waals surface area (Å²) in [6.07, 6.45) is 1.79. The van der Waals surface area contributed by atoms with Gasteiger partial charge in [0, 0.05) is 23.3 Å². The smallest absolute Gasteiger partial charge is 0.251 e. The van der Waals surface area contributed by atoms with E-state index in [1.54, 1.807) is 17.0 Å². The van der Waals surface area contributed by atoms with E-state index in [2.05, 4.69) is 10.0 Å². The van der Waals surface area contributed by atoms with Crippen molar-refractivity contribution in [1.82, 2.24) is 4.90 Å². The number of nitrogens with zero attached hydrogens (tertiary/aromatic N) is 1. The highest BCUT2D eigenvalue weighted by Gasteiger charge is 2.39. The van der Waals surface area contributed by atoms with Crippen LogP contribution in [0.2, 0.25) is 0 Å². The predicted octanol–water partition coefficient (Wildman–Crippen LogP) is 3.79. The first kappa shape index (κ1) is 23.8. The summed E-state index contributed by atoms with van der Waals surface area (Å²) in [6, 6.07) is 10.3. The standard InChI is InChI=1S/C24H31N3O4S/c1-15-13-18(26-32(6,30)31)14-16(2)20(15)25-22(28)21-19-10-8-7-9-17(19)11-12-27(21)23(29)24(3,4)5/h7-10,13-14,21,26H,11-12H2,1-6H3,(H,25,28). The van der Waals surface area contributed by atoms with Crippen LogP contribution in [0, 0.1) is 19.3 Å². The van der Waals surface area contributed by atoms with Gasteiger partial charge < -0.3 is 10.2 Å². The van der Waals surface area contributed by atoms with Gasteiger partial charge in [0.15, 0.2) is 0 Å². The van der Waals surface area contributed by atoms with Gasteiger partial charge >= 0.3 is 0 Å². The first-order valence-corrected chi connectivity index (χ1v) is 12.5. The minimum atomic E-state index is -3.41. The average Bonchev–Trinajstić information content (AvgIpc) is 2.67. The number of aryl methyl sites for hydroxylation is 2. The summed E-state index contributed by atoms with van der Waals surface area (Å²) in [5.41, 5.74) is 3.78. The molecule has 172 valence electrons. The number of carbonyl (C=O) groups excluding carboxylic acids is 2. The summed E-state index contributed by atoms with van der Waals surface area (Å²) in [7, 11) is -3.41. The van der Waals surface area contributed by atoms with Gasteiger partial charge in [-0.2, -0.15) is 0 Å². The van der Waals surface area contributed by atoms with Gasteiger partial charge in [0.2, 0.25) is 15.9 Å². The molecule has 1 atom stereocenters. The number of hydrogen-bond donors (Lipinski definition) is 2. The van der Waals surface area contributed by atoms with Crippen LogP contribution in [0.1, 0.15) is 49.1 Å². The fraction of sp³-hybridized carbons (Fsp3) is 0.417. The van der Waals surface area contributed by atoms with E-state index in [0.29, 0.717) is 24.3 Å². The van der Waals surface area contributed by atoms with Crippen LogP contribution in [0.3, 0.4) is 0 Å². The van der Waals surface area contributed by atoms with Crippen molar-refractivity contribution in [3.05, 3.63) is 58.7 Å². The van der Waals surface area contributed by atoms with Crippen LogP contribution in [0.15, 0.2) is 36.4 Å². The first-order valence-electron chi connectivity index (χ1n) is 10.6. The molecule has 0 saturated heterocycles. The average molecular weight is 458 g/mol. The van der Waals surface area contributed by atoms with Crippen molar-refractivity contribution in [2.75, 3.05) is 22.8 Å². The van der Waals surface area contributed by atoms with E-state index in [1.165, 1.54) is 0 Å². The summed E-state index contributed by atoms with van der Waals surface area (Å²) in [5.74, 6) is -0.363. The molecule has 0 aliphatic carbocycles. The van der Waals surface area contributed by atoms with Gasteiger partial charge in [-0.25, -0.2) is 8.42 Å². The Labute approximate surface area is 190 Å². The number of benzene rings is 2. The molecule has 1 aliphatic heterocycles. The number of hydrogen-bond acceptors (Lipinski definition) is 4. The molecule has 3 rings (SSSR count). The topological polar surface area (TPSA) is 95.6 Å². The molecular formula is C24H31N3O4S. The summed E-state index contributed by atoms with van der Waals surface area (Å²) in [5, 5.41) is 3.01. The second-order valence-electron chi connectivity index (χ2n) is 9.45. The van der Waals surface area contributed by atoms with Gasteiger partial charge in [-0.05, 0) is 54.7 Å². The van der Waals surface area contributed by atoms with Gasteiger partial charge in [0.05, 0.1) is 6.26 Å². The van der Waals surface area contributed by atoms with Crippen molar-refractivity contribution in [2.45, 2.75) is 47.1 Å². The van der Waals surface area contributed by atoms with Crippen molar-refractivity contribution >= 4 is 33.2 Å². The lowest BCUT2D eigenvalue weighted by atomic mass is 9.87. The highest BCUT2D eigenvalue weighted by Crippen LogP contribution is 2.35. The Kier molecular flexibility index (Phi) is 6.38. The van der Waals surface area contributed by atoms with E-state index in [-0.39, 0.29) is 11.8 Å². The summed E-state index contributed by atoms with van der Waals surface area (Å²) < 4.78 is 25.6. The Hall–Kier alpha value is -2.87. The molecule has 32 heavy (non-hydrogen) atoms. The molecule has 7 nitrogen and oxygen atoms in total. The number of amides is 2. The lowest BCUT2D eigenvalue weighted by Crippen LogP contribution is -2.49. The second kappa shape index (κ2) is 8.58. The van der Waals surface area contributed by atoms with E-state index in [9.17, 15) is 18.0 Å². The molecule has 8 heteroatoms. The van der Waals surface area contributed by atoms with E-state index < -0.39 is 21.5 Å². The molecule has 2 amide bonds. The molecule has 1 aliphatic rings. The molecule has 0 bridgehead atoms. The second-order valence-corrected chi connectivity index (χ2v) is 11.2. The molecule has 2 aromatic rings. The Morgan fingerprint density at radius 3 is 2.22 bits per heavy atom. The largest absolute Gasteiger partial charge is 0.326 e. The maximum Gasteiger partial charge on any atom is 0.251 e. The van der Waals surface area contributed by atoms with Crippen molar-refractivity contribution in [3.8, 4) is 0 Å². The molecular weight excluding hydrogens is 426 g/mol. The lowest BCUT2D eigenvalue weighted by Gasteiger charge is -2.39. The maximum atomic E-state index is 13.6. The van der Waals surface area contributed by atoms with Crippen LogP contribution >= 0.6 is 0 Å². The van der Waals surface area contributed by atoms with Crippen LogP contribution in [-0.2, 0) is 26.0 Å². The zero-order chi connectivity index (χ0) is 23.8. The monoisotopic (exact) mass is 457 g/mol. The maximum absolute atomic E-state index is 13.6. The fourth-order valence-corrected chi connectivity index (χ4v) is 4.67. The number of sulfonamides is 1. The summed E-state index contributed by atoms with van der Waals surface area (Å²) >= 11 is 0. The number of nitrogens with one attached hydrogen (secondary N) is 2. The first-order chi connectivity index (χ1) is 14.8. The minimum absolute atomic E-state index is 0.0757. The summed E-state index contributed by atoms with van der Waals surface area (Å²) in [4.78, 5) is 28.4. The van der Waals surface area contributed by atoms with Crippen molar-refractivity contribution < 1.29 is 18.0 Å². The zero-order valence-electron chi connectivity index (χ0n) is 19.4. The number of anilines is 2. The molecule has 2 N–H and O–H groups in total. The highest BCUT2D eigenvalue weighted by atomic mass is 32.2. The third-order valence-corrected chi connectivity index (χ3v) is 6.12. The normalized spacial score (nSPS) is 16.3. The number of fused-ring (bicyclic) bond motifs is 1. The van der Waals surface area contributed by atoms with Crippen LogP contribution in [0.5, 0.6) is 0 Å². The molecule has 1 unspecified atom stereocenters. The van der Waals surface area contributed by atoms with E-state index in [4.69, 9.17) is 0 Å². The third kappa shape index (κ3) is 5.12. The molecule has 0 radical (unpaired) electrons. The SMILES string of the molecule is Cc1cc(NS(C)(=O)=O)cc(C)c1NC(=O)C1c2ccccc2CCN1C(=O)C(C)(C)C. The minimum Gasteiger partial charge on any atom is -0.326 e. The Morgan fingerprint density at radius 2 is 1.66 bits per heavy atom. The van der Waals surface area contributed by atoms with Crippen LogP contribution in [-0.4, -0.2) is 37.9 Å². The van der Waals surface area contributed by atoms with E-state index in [1.807, 2.05) is 58.9 Å². The Bertz CT molecular complexity index is 1140. The molecule has 0 spiro atoms. The van der Waals surface area contributed by atoms with E-state index in [0.717, 1.165) is 28.5 Å². The van der Waals surface area contributed by atoms with Gasteiger partial charge in [-0.3, -0.25) is 14.3 Å². The number of rotatable bonds is 4. The quantitative estimate of drug-likeness (QED) is 0.730. The van der Waals surface area contributed by atoms with Gasteiger partial charge in [0.25, 0.3) is 5.91 Å². The number of carbonyl (C=O) groups is 2. The van der Waals surface area contributed by atoms with Crippen LogP contribution in [0.25, 0.3) is 0 Å². The van der Waals surface area contributed by atoms with Gasteiger partial charge in [-0.1, -0.05) is 45.0 Å².